The molecule has 4 aliphatic carbocycles. The lowest BCUT2D eigenvalue weighted by Crippen LogP contribution is -2.58. The van der Waals surface area contributed by atoms with Gasteiger partial charge < -0.3 is 9.64 Å². The molecule has 2 fully saturated rings. The molecule has 4 aliphatic rings. The van der Waals surface area contributed by atoms with E-state index >= 15 is 0 Å². The molecule has 0 bridgehead atoms. The first-order valence-corrected chi connectivity index (χ1v) is 13.7. The maximum atomic E-state index is 13.4. The van der Waals surface area contributed by atoms with E-state index in [1.54, 1.807) is 0 Å². The van der Waals surface area contributed by atoms with Crippen molar-refractivity contribution in [3.05, 3.63) is 52.6 Å². The number of ketones is 2. The van der Waals surface area contributed by atoms with Crippen LogP contribution in [0.2, 0.25) is 0 Å². The normalized spacial score (nSPS) is 33.3. The second kappa shape index (κ2) is 9.16. The number of rotatable bonds is 5. The molecule has 0 unspecified atom stereocenters. The Labute approximate surface area is 218 Å². The van der Waals surface area contributed by atoms with E-state index in [0.717, 1.165) is 31.4 Å². The standard InChI is InChI=1S/C30H36ClNO4/c1-18(33)36-30(27(35)17-31)14-13-26-24-11-7-20-15-22(34)10-12-23(20)28(24)25(16-29(26,30)2)19-5-8-21(9-6-19)32(3)4/h5-6,8-9,15,24-26H,7,10-14,16-17H2,1-4H3/t24-,25+,26-,29-,30-/m0/s1. The summed E-state index contributed by atoms with van der Waals surface area (Å²) in [6.45, 7) is 3.56. The fourth-order valence-corrected chi connectivity index (χ4v) is 8.20. The maximum absolute atomic E-state index is 13.4. The fraction of sp³-hybridized carbons (Fsp3) is 0.567. The van der Waals surface area contributed by atoms with Crippen molar-refractivity contribution in [2.45, 2.75) is 70.3 Å². The lowest BCUT2D eigenvalue weighted by Gasteiger charge is -2.55. The maximum Gasteiger partial charge on any atom is 0.303 e. The van der Waals surface area contributed by atoms with Gasteiger partial charge in [0.25, 0.3) is 0 Å². The van der Waals surface area contributed by atoms with Gasteiger partial charge in [-0.2, -0.15) is 0 Å². The minimum Gasteiger partial charge on any atom is -0.451 e. The molecular weight excluding hydrogens is 474 g/mol. The number of carbonyl (C=O) groups excluding carboxylic acids is 3. The number of hydrogen-bond acceptors (Lipinski definition) is 5. The Morgan fingerprint density at radius 2 is 1.83 bits per heavy atom. The molecule has 2 saturated carbocycles. The number of hydrogen-bond donors (Lipinski definition) is 0. The molecular formula is C30H36ClNO4. The number of allylic oxidation sites excluding steroid dienone is 4. The number of nitrogens with zero attached hydrogens (tertiary/aromatic N) is 1. The fourth-order valence-electron chi connectivity index (χ4n) is 7.99. The molecule has 1 aromatic carbocycles. The van der Waals surface area contributed by atoms with E-state index in [9.17, 15) is 14.4 Å². The molecule has 0 aromatic heterocycles. The van der Waals surface area contributed by atoms with Crippen LogP contribution in [-0.4, -0.2) is 43.1 Å². The lowest BCUT2D eigenvalue weighted by molar-refractivity contribution is -0.182. The van der Waals surface area contributed by atoms with Crippen LogP contribution < -0.4 is 4.90 Å². The number of esters is 1. The minimum atomic E-state index is -1.19. The molecule has 0 saturated heterocycles. The van der Waals surface area contributed by atoms with Crippen LogP contribution >= 0.6 is 11.6 Å². The average Bonchev–Trinajstić information content (AvgIpc) is 3.14. The van der Waals surface area contributed by atoms with Gasteiger partial charge in [-0.15, -0.1) is 11.6 Å². The van der Waals surface area contributed by atoms with E-state index in [0.29, 0.717) is 25.2 Å². The van der Waals surface area contributed by atoms with Crippen molar-refractivity contribution in [2.24, 2.45) is 17.3 Å². The zero-order valence-electron chi connectivity index (χ0n) is 21.7. The van der Waals surface area contributed by atoms with Crippen LogP contribution in [0.4, 0.5) is 5.69 Å². The number of carbonyl (C=O) groups is 3. The third kappa shape index (κ3) is 3.77. The highest BCUT2D eigenvalue weighted by Crippen LogP contribution is 2.67. The van der Waals surface area contributed by atoms with Gasteiger partial charge in [0.1, 0.15) is 0 Å². The second-order valence-electron chi connectivity index (χ2n) is 11.5. The van der Waals surface area contributed by atoms with Crippen LogP contribution in [0.1, 0.15) is 70.3 Å². The number of benzene rings is 1. The van der Waals surface area contributed by atoms with E-state index in [1.165, 1.54) is 29.2 Å². The van der Waals surface area contributed by atoms with E-state index in [1.807, 2.05) is 20.2 Å². The second-order valence-corrected chi connectivity index (χ2v) is 11.8. The molecule has 36 heavy (non-hydrogen) atoms. The molecule has 0 heterocycles. The van der Waals surface area contributed by atoms with Gasteiger partial charge in [-0.3, -0.25) is 14.4 Å². The molecule has 6 heteroatoms. The zero-order valence-corrected chi connectivity index (χ0v) is 22.5. The average molecular weight is 510 g/mol. The summed E-state index contributed by atoms with van der Waals surface area (Å²) in [5.41, 5.74) is 4.66. The summed E-state index contributed by atoms with van der Waals surface area (Å²) in [5, 5.41) is 0. The lowest BCUT2D eigenvalue weighted by atomic mass is 9.50. The summed E-state index contributed by atoms with van der Waals surface area (Å²) >= 11 is 6.15. The van der Waals surface area contributed by atoms with E-state index in [2.05, 4.69) is 36.1 Å². The number of halogens is 1. The predicted octanol–water partition coefficient (Wildman–Crippen LogP) is 5.76. The smallest absolute Gasteiger partial charge is 0.303 e. The Bertz CT molecular complexity index is 1170. The summed E-state index contributed by atoms with van der Waals surface area (Å²) in [6.07, 6.45) is 7.13. The number of fused-ring (bicyclic) bond motifs is 4. The van der Waals surface area contributed by atoms with Crippen LogP contribution in [0.3, 0.4) is 0 Å². The van der Waals surface area contributed by atoms with E-state index in [4.69, 9.17) is 16.3 Å². The van der Waals surface area contributed by atoms with Gasteiger partial charge in [0.2, 0.25) is 0 Å². The first-order valence-electron chi connectivity index (χ1n) is 13.1. The first-order chi connectivity index (χ1) is 17.1. The Hall–Kier alpha value is -2.40. The molecule has 0 amide bonds. The summed E-state index contributed by atoms with van der Waals surface area (Å²) in [5.74, 6) is 0.0724. The van der Waals surface area contributed by atoms with Crippen molar-refractivity contribution in [2.75, 3.05) is 24.9 Å². The van der Waals surface area contributed by atoms with Gasteiger partial charge in [-0.05, 0) is 85.3 Å². The van der Waals surface area contributed by atoms with Crippen molar-refractivity contribution >= 4 is 34.8 Å². The van der Waals surface area contributed by atoms with Crippen LogP contribution in [-0.2, 0) is 19.1 Å². The van der Waals surface area contributed by atoms with Crippen LogP contribution in [0.25, 0.3) is 0 Å². The van der Waals surface area contributed by atoms with Gasteiger partial charge in [-0.1, -0.05) is 24.6 Å². The topological polar surface area (TPSA) is 63.7 Å². The Morgan fingerprint density at radius 3 is 2.47 bits per heavy atom. The number of ether oxygens (including phenoxy) is 1. The molecule has 5 nitrogen and oxygen atoms in total. The van der Waals surface area contributed by atoms with Crippen LogP contribution in [0.5, 0.6) is 0 Å². The first kappa shape index (κ1) is 25.3. The molecule has 0 aliphatic heterocycles. The van der Waals surface area contributed by atoms with Gasteiger partial charge in [-0.25, -0.2) is 0 Å². The van der Waals surface area contributed by atoms with Gasteiger partial charge >= 0.3 is 5.97 Å². The van der Waals surface area contributed by atoms with Crippen molar-refractivity contribution < 1.29 is 19.1 Å². The van der Waals surface area contributed by atoms with Crippen molar-refractivity contribution in [3.8, 4) is 0 Å². The quantitative estimate of drug-likeness (QED) is 0.373. The van der Waals surface area contributed by atoms with Crippen molar-refractivity contribution in [1.29, 1.82) is 0 Å². The molecule has 0 spiro atoms. The van der Waals surface area contributed by atoms with E-state index in [-0.39, 0.29) is 29.3 Å². The zero-order chi connectivity index (χ0) is 25.8. The van der Waals surface area contributed by atoms with Gasteiger partial charge in [0.05, 0.1) is 5.88 Å². The molecule has 0 radical (unpaired) electrons. The molecule has 5 atom stereocenters. The Balaban J connectivity index is 1.69. The molecule has 0 N–H and O–H groups in total. The third-order valence-electron chi connectivity index (χ3n) is 9.56. The summed E-state index contributed by atoms with van der Waals surface area (Å²) < 4.78 is 6.01. The van der Waals surface area contributed by atoms with E-state index < -0.39 is 17.0 Å². The third-order valence-corrected chi connectivity index (χ3v) is 9.80. The summed E-state index contributed by atoms with van der Waals surface area (Å²) in [7, 11) is 4.06. The van der Waals surface area contributed by atoms with Crippen molar-refractivity contribution in [1.82, 2.24) is 0 Å². The highest BCUT2D eigenvalue weighted by molar-refractivity contribution is 6.29. The molecule has 1 aromatic rings. The number of alkyl halides is 1. The largest absolute Gasteiger partial charge is 0.451 e. The highest BCUT2D eigenvalue weighted by atomic mass is 35.5. The summed E-state index contributed by atoms with van der Waals surface area (Å²) in [6, 6.07) is 8.69. The minimum absolute atomic E-state index is 0.0931. The number of anilines is 1. The van der Waals surface area contributed by atoms with Crippen molar-refractivity contribution in [3.63, 3.8) is 0 Å². The summed E-state index contributed by atoms with van der Waals surface area (Å²) in [4.78, 5) is 40.1. The molecule has 5 rings (SSSR count). The van der Waals surface area contributed by atoms with Crippen LogP contribution in [0.15, 0.2) is 47.1 Å². The SMILES string of the molecule is CC(=O)O[C@]1(C(=O)CCl)CC[C@H]2[C@@H]3CCC4=CC(=O)CCC4=C3[C@@H](c3ccc(N(C)C)cc3)C[C@@]21C. The van der Waals surface area contributed by atoms with Gasteiger partial charge in [0, 0.05) is 44.5 Å². The van der Waals surface area contributed by atoms with Gasteiger partial charge in [0.15, 0.2) is 17.2 Å². The van der Waals surface area contributed by atoms with Crippen LogP contribution in [0, 0.1) is 17.3 Å². The molecule has 192 valence electrons. The number of Topliss-reactive ketones (excluding diaryl/α,β-unsaturated/α-hetero) is 1. The Kier molecular flexibility index (Phi) is 6.43. The monoisotopic (exact) mass is 509 g/mol. The highest BCUT2D eigenvalue weighted by Gasteiger charge is 2.67. The predicted molar refractivity (Wildman–Crippen MR) is 141 cm³/mol. The Morgan fingerprint density at radius 1 is 1.11 bits per heavy atom.